The van der Waals surface area contributed by atoms with Crippen molar-refractivity contribution in [3.8, 4) is 34.1 Å². The molecule has 5 heterocycles. The number of benzene rings is 2. The predicted octanol–water partition coefficient (Wildman–Crippen LogP) is 3.90. The number of nitrogens with zero attached hydrogens (tertiary/aromatic N) is 6. The maximum atomic E-state index is 12.2. The second kappa shape index (κ2) is 10.7. The highest BCUT2D eigenvalue weighted by Crippen LogP contribution is 2.37. The van der Waals surface area contributed by atoms with E-state index in [2.05, 4.69) is 50.8 Å². The van der Waals surface area contributed by atoms with E-state index in [1.807, 2.05) is 47.4 Å². The van der Waals surface area contributed by atoms with Crippen molar-refractivity contribution in [2.45, 2.75) is 6.54 Å². The van der Waals surface area contributed by atoms with E-state index in [9.17, 15) is 9.59 Å². The van der Waals surface area contributed by atoms with Crippen molar-refractivity contribution in [3.05, 3.63) is 111 Å². The number of nitrogen functional groups attached to an aromatic ring is 1. The first-order chi connectivity index (χ1) is 22.0. The average Bonchev–Trinajstić information content (AvgIpc) is 3.75. The molecule has 2 saturated heterocycles. The zero-order valence-electron chi connectivity index (χ0n) is 24.8. The van der Waals surface area contributed by atoms with Crippen LogP contribution in [0.1, 0.15) is 5.56 Å². The normalized spacial score (nSPS) is 18.2. The van der Waals surface area contributed by atoms with Gasteiger partial charge in [0.1, 0.15) is 17.0 Å². The fourth-order valence-electron chi connectivity index (χ4n) is 7.00. The van der Waals surface area contributed by atoms with Gasteiger partial charge in [-0.1, -0.05) is 42.5 Å². The number of nitrogens with two attached hydrogens (primary N) is 1. The number of rotatable bonds is 7. The minimum Gasteiger partial charge on any atom is -0.491 e. The van der Waals surface area contributed by atoms with Crippen molar-refractivity contribution in [1.29, 1.82) is 0 Å². The highest BCUT2D eigenvalue weighted by atomic mass is 16.5. The van der Waals surface area contributed by atoms with Gasteiger partial charge in [-0.05, 0) is 53.8 Å². The number of pyridine rings is 2. The van der Waals surface area contributed by atoms with Crippen molar-refractivity contribution in [3.63, 3.8) is 0 Å². The molecule has 8 rings (SSSR count). The number of methoxy groups -OCH3 is 1. The Balaban J connectivity index is 1.06. The monoisotopic (exact) mass is 597 g/mol. The lowest BCUT2D eigenvalue weighted by Crippen LogP contribution is -2.41. The summed E-state index contributed by atoms with van der Waals surface area (Å²) in [5, 5.41) is 0. The van der Waals surface area contributed by atoms with Gasteiger partial charge in [0, 0.05) is 50.2 Å². The van der Waals surface area contributed by atoms with Gasteiger partial charge < -0.3 is 15.4 Å². The summed E-state index contributed by atoms with van der Waals surface area (Å²) in [5.74, 6) is 2.22. The van der Waals surface area contributed by atoms with Crippen molar-refractivity contribution in [2.24, 2.45) is 11.8 Å². The maximum Gasteiger partial charge on any atom is 0.272 e. The van der Waals surface area contributed by atoms with Crippen LogP contribution in [-0.4, -0.2) is 57.7 Å². The molecule has 0 unspecified atom stereocenters. The van der Waals surface area contributed by atoms with Crippen LogP contribution in [0.5, 0.6) is 5.75 Å². The van der Waals surface area contributed by atoms with Crippen molar-refractivity contribution < 1.29 is 4.74 Å². The Bertz CT molecular complexity index is 2100. The first kappa shape index (κ1) is 27.2. The van der Waals surface area contributed by atoms with Gasteiger partial charge in [-0.2, -0.15) is 0 Å². The smallest absolute Gasteiger partial charge is 0.272 e. The molecule has 3 aromatic heterocycles. The van der Waals surface area contributed by atoms with Crippen LogP contribution in [0.3, 0.4) is 0 Å². The Kier molecular flexibility index (Phi) is 6.45. The molecular formula is C35H31N7O3. The number of anilines is 2. The number of likely N-dealkylation sites (tertiary alicyclic amines) is 1. The van der Waals surface area contributed by atoms with E-state index < -0.39 is 10.9 Å². The molecule has 3 aromatic carbocycles. The summed E-state index contributed by atoms with van der Waals surface area (Å²) < 4.78 is 7.24. The van der Waals surface area contributed by atoms with Crippen molar-refractivity contribution in [1.82, 2.24) is 24.4 Å². The molecule has 0 aliphatic carbocycles. The Morgan fingerprint density at radius 1 is 0.844 bits per heavy atom. The summed E-state index contributed by atoms with van der Waals surface area (Å²) in [6.45, 7) is 4.27. The number of hydrogen-bond acceptors (Lipinski definition) is 9. The average molecular weight is 598 g/mol. The van der Waals surface area contributed by atoms with E-state index in [1.54, 1.807) is 6.20 Å². The van der Waals surface area contributed by atoms with Crippen LogP contribution in [0, 0.1) is 11.8 Å². The summed E-state index contributed by atoms with van der Waals surface area (Å²) >= 11 is 0. The van der Waals surface area contributed by atoms with E-state index in [-0.39, 0.29) is 5.75 Å². The van der Waals surface area contributed by atoms with Gasteiger partial charge in [-0.3, -0.25) is 19.1 Å². The number of hydrogen-bond donors (Lipinski definition) is 1. The second-order valence-corrected chi connectivity index (χ2v) is 11.9. The SMILES string of the molecule is COc1c(N2C[C@H]3CN(Cc4ccc(-n5c(-c6cccnc6N)nc6ccc(-c7ccccc7)nc65)cc4)C[C@H]3C2)c(=O)c1=O. The number of fused-ring (bicyclic) bond motifs is 2. The zero-order valence-corrected chi connectivity index (χ0v) is 24.8. The quantitative estimate of drug-likeness (QED) is 0.273. The van der Waals surface area contributed by atoms with E-state index >= 15 is 0 Å². The van der Waals surface area contributed by atoms with Crippen LogP contribution >= 0.6 is 0 Å². The predicted molar refractivity (Wildman–Crippen MR) is 174 cm³/mol. The largest absolute Gasteiger partial charge is 0.491 e. The standard InChI is InChI=1S/C35H31N7O3/c1-45-32-29(30(43)31(32)44)41-19-23-17-40(18-24(23)20-41)16-21-9-11-25(12-10-21)42-34(26-8-5-15-37-33(26)36)39-28-14-13-27(38-35(28)42)22-6-3-2-4-7-22/h2-15,23-24H,16-20H2,1H3,(H2,36,37)/t23-,24+. The van der Waals surface area contributed by atoms with Crippen LogP contribution in [0.25, 0.3) is 39.5 Å². The lowest BCUT2D eigenvalue weighted by atomic mass is 10.0. The molecular weight excluding hydrogens is 566 g/mol. The molecule has 2 atom stereocenters. The van der Waals surface area contributed by atoms with Gasteiger partial charge in [0.25, 0.3) is 10.9 Å². The van der Waals surface area contributed by atoms with Crippen molar-refractivity contribution >= 4 is 22.7 Å². The molecule has 0 amide bonds. The van der Waals surface area contributed by atoms with Gasteiger partial charge >= 0.3 is 0 Å². The molecule has 6 aromatic rings. The van der Waals surface area contributed by atoms with Crippen molar-refractivity contribution in [2.75, 3.05) is 43.9 Å². The summed E-state index contributed by atoms with van der Waals surface area (Å²) in [6.07, 6.45) is 1.68. The Labute approximate surface area is 259 Å². The molecule has 10 nitrogen and oxygen atoms in total. The highest BCUT2D eigenvalue weighted by Gasteiger charge is 2.42. The van der Waals surface area contributed by atoms with Gasteiger partial charge in [0.15, 0.2) is 17.2 Å². The van der Waals surface area contributed by atoms with Gasteiger partial charge in [0.05, 0.1) is 18.4 Å². The van der Waals surface area contributed by atoms with Crippen LogP contribution in [0.15, 0.2) is 94.6 Å². The summed E-state index contributed by atoms with van der Waals surface area (Å²) in [6, 6.07) is 26.5. The van der Waals surface area contributed by atoms with Crippen LogP contribution in [0.2, 0.25) is 0 Å². The van der Waals surface area contributed by atoms with Gasteiger partial charge in [-0.25, -0.2) is 15.0 Å². The summed E-state index contributed by atoms with van der Waals surface area (Å²) in [5.41, 5.74) is 12.2. The lowest BCUT2D eigenvalue weighted by Gasteiger charge is -2.24. The molecule has 0 saturated carbocycles. The Hall–Kier alpha value is -5.35. The van der Waals surface area contributed by atoms with Crippen LogP contribution in [0.4, 0.5) is 11.5 Å². The highest BCUT2D eigenvalue weighted by molar-refractivity contribution is 5.84. The summed E-state index contributed by atoms with van der Waals surface area (Å²) in [4.78, 5) is 42.8. The third-order valence-electron chi connectivity index (χ3n) is 9.18. The molecule has 10 heteroatoms. The van der Waals surface area contributed by atoms with Crippen LogP contribution < -0.4 is 26.2 Å². The molecule has 0 bridgehead atoms. The third kappa shape index (κ3) is 4.56. The number of imidazole rings is 1. The molecule has 2 aliphatic heterocycles. The fourth-order valence-corrected chi connectivity index (χ4v) is 7.00. The first-order valence-electron chi connectivity index (χ1n) is 15.1. The van der Waals surface area contributed by atoms with E-state index in [0.29, 0.717) is 29.2 Å². The molecule has 0 radical (unpaired) electrons. The van der Waals surface area contributed by atoms with E-state index in [4.69, 9.17) is 20.4 Å². The molecule has 2 fully saturated rings. The summed E-state index contributed by atoms with van der Waals surface area (Å²) in [7, 11) is 1.45. The van der Waals surface area contributed by atoms with Crippen LogP contribution in [-0.2, 0) is 6.54 Å². The second-order valence-electron chi connectivity index (χ2n) is 11.9. The van der Waals surface area contributed by atoms with Gasteiger partial charge in [0.2, 0.25) is 0 Å². The van der Waals surface area contributed by atoms with E-state index in [0.717, 1.165) is 66.4 Å². The third-order valence-corrected chi connectivity index (χ3v) is 9.18. The molecule has 2 aliphatic rings. The minimum absolute atomic E-state index is 0.212. The maximum absolute atomic E-state index is 12.2. The topological polar surface area (TPSA) is 119 Å². The fraction of sp³-hybridized carbons (Fsp3) is 0.229. The molecule has 45 heavy (non-hydrogen) atoms. The van der Waals surface area contributed by atoms with Gasteiger partial charge in [-0.15, -0.1) is 0 Å². The number of aromatic nitrogens is 4. The molecule has 224 valence electrons. The Morgan fingerprint density at radius 2 is 1.60 bits per heavy atom. The Morgan fingerprint density at radius 3 is 2.31 bits per heavy atom. The molecule has 2 N–H and O–H groups in total. The number of ether oxygens (including phenoxy) is 1. The van der Waals surface area contributed by atoms with E-state index in [1.165, 1.54) is 12.7 Å². The minimum atomic E-state index is -0.512. The zero-order chi connectivity index (χ0) is 30.7. The molecule has 0 spiro atoms. The first-order valence-corrected chi connectivity index (χ1v) is 15.1. The lowest BCUT2D eigenvalue weighted by molar-refractivity contribution is 0.308.